The first kappa shape index (κ1) is 17.3. The Hall–Kier alpha value is -0.790. The molecule has 116 valence electrons. The molecule has 20 heavy (non-hydrogen) atoms. The fraction of sp³-hybridized carbons (Fsp3) is 0.750. The van der Waals surface area contributed by atoms with Gasteiger partial charge in [-0.1, -0.05) is 6.92 Å². The van der Waals surface area contributed by atoms with Crippen molar-refractivity contribution in [1.82, 2.24) is 20.4 Å². The Labute approximate surface area is 122 Å². The highest BCUT2D eigenvalue weighted by Crippen LogP contribution is 2.28. The number of aromatic nitrogens is 2. The first-order valence-electron chi connectivity index (χ1n) is 6.57. The number of hydrogen-bond donors (Lipinski definition) is 2. The third-order valence-corrected chi connectivity index (χ3v) is 3.36. The van der Waals surface area contributed by atoms with E-state index in [9.17, 15) is 13.2 Å². The largest absolute Gasteiger partial charge is 0.435 e. The highest BCUT2D eigenvalue weighted by atomic mass is 35.5. The van der Waals surface area contributed by atoms with Gasteiger partial charge in [0.15, 0.2) is 5.69 Å². The van der Waals surface area contributed by atoms with Crippen LogP contribution in [0.25, 0.3) is 0 Å². The average Bonchev–Trinajstić information content (AvgIpc) is 2.98. The van der Waals surface area contributed by atoms with Crippen LogP contribution in [-0.2, 0) is 12.7 Å². The minimum absolute atomic E-state index is 0. The summed E-state index contributed by atoms with van der Waals surface area (Å²) in [6, 6.07) is 1.50. The quantitative estimate of drug-likeness (QED) is 0.877. The number of rotatable bonds is 5. The van der Waals surface area contributed by atoms with Crippen molar-refractivity contribution >= 4 is 12.4 Å². The summed E-state index contributed by atoms with van der Waals surface area (Å²) in [5, 5.41) is 9.11. The first-order valence-corrected chi connectivity index (χ1v) is 6.57. The lowest BCUT2D eigenvalue weighted by Gasteiger charge is -2.27. The Bertz CT molecular complexity index is 402. The van der Waals surface area contributed by atoms with Crippen molar-refractivity contribution in [3.05, 3.63) is 17.5 Å². The molecule has 0 saturated carbocycles. The van der Waals surface area contributed by atoms with Crippen LogP contribution >= 0.6 is 12.4 Å². The number of aromatic amines is 1. The summed E-state index contributed by atoms with van der Waals surface area (Å²) in [6.45, 7) is 5.32. The molecule has 0 aliphatic carbocycles. The van der Waals surface area contributed by atoms with Crippen LogP contribution in [-0.4, -0.2) is 40.8 Å². The topological polar surface area (TPSA) is 44.0 Å². The van der Waals surface area contributed by atoms with Gasteiger partial charge in [-0.15, -0.1) is 12.4 Å². The van der Waals surface area contributed by atoms with Gasteiger partial charge in [-0.2, -0.15) is 18.3 Å². The molecule has 1 fully saturated rings. The fourth-order valence-electron chi connectivity index (χ4n) is 2.44. The SMILES string of the molecule is CCCN(Cc1cc(C(F)(F)F)n[nH]1)C1CCNC1.Cl. The normalized spacial score (nSPS) is 19.4. The molecule has 8 heteroatoms. The molecule has 4 nitrogen and oxygen atoms in total. The van der Waals surface area contributed by atoms with E-state index in [1.807, 2.05) is 0 Å². The van der Waals surface area contributed by atoms with Crippen LogP contribution in [0.3, 0.4) is 0 Å². The Morgan fingerprint density at radius 3 is 2.70 bits per heavy atom. The molecule has 1 atom stereocenters. The molecule has 2 N–H and O–H groups in total. The van der Waals surface area contributed by atoms with Gasteiger partial charge < -0.3 is 5.32 Å². The van der Waals surface area contributed by atoms with Crippen LogP contribution in [0.15, 0.2) is 6.07 Å². The van der Waals surface area contributed by atoms with E-state index < -0.39 is 11.9 Å². The van der Waals surface area contributed by atoms with E-state index >= 15 is 0 Å². The van der Waals surface area contributed by atoms with Gasteiger partial charge in [0, 0.05) is 24.8 Å². The monoisotopic (exact) mass is 312 g/mol. The zero-order valence-electron chi connectivity index (χ0n) is 11.3. The third kappa shape index (κ3) is 4.36. The standard InChI is InChI=1S/C12H19F3N4.ClH/c1-2-5-19(10-3-4-16-7-10)8-9-6-11(18-17-9)12(13,14)15;/h6,10,16H,2-5,7-8H2,1H3,(H,17,18);1H. The molecule has 1 aromatic rings. The minimum Gasteiger partial charge on any atom is -0.315 e. The number of hydrogen-bond acceptors (Lipinski definition) is 3. The molecule has 1 aliphatic heterocycles. The van der Waals surface area contributed by atoms with Crippen molar-refractivity contribution in [2.45, 2.75) is 38.5 Å². The summed E-state index contributed by atoms with van der Waals surface area (Å²) in [5.41, 5.74) is -0.323. The van der Waals surface area contributed by atoms with Gasteiger partial charge in [-0.05, 0) is 32.0 Å². The maximum Gasteiger partial charge on any atom is 0.435 e. The third-order valence-electron chi connectivity index (χ3n) is 3.36. The van der Waals surface area contributed by atoms with E-state index in [0.29, 0.717) is 18.3 Å². The van der Waals surface area contributed by atoms with Crippen LogP contribution in [0.1, 0.15) is 31.2 Å². The molecule has 0 radical (unpaired) electrons. The van der Waals surface area contributed by atoms with E-state index in [2.05, 4.69) is 27.3 Å². The van der Waals surface area contributed by atoms with E-state index in [1.54, 1.807) is 0 Å². The van der Waals surface area contributed by atoms with Crippen LogP contribution < -0.4 is 5.32 Å². The molecular weight excluding hydrogens is 293 g/mol. The van der Waals surface area contributed by atoms with Crippen molar-refractivity contribution in [2.24, 2.45) is 0 Å². The number of halogens is 4. The van der Waals surface area contributed by atoms with Gasteiger partial charge in [0.1, 0.15) is 0 Å². The Morgan fingerprint density at radius 1 is 1.45 bits per heavy atom. The van der Waals surface area contributed by atoms with Crippen molar-refractivity contribution in [2.75, 3.05) is 19.6 Å². The van der Waals surface area contributed by atoms with Crippen LogP contribution in [0.4, 0.5) is 13.2 Å². The highest BCUT2D eigenvalue weighted by molar-refractivity contribution is 5.85. The average molecular weight is 313 g/mol. The fourth-order valence-corrected chi connectivity index (χ4v) is 2.44. The van der Waals surface area contributed by atoms with Gasteiger partial charge in [-0.25, -0.2) is 0 Å². The molecule has 1 unspecified atom stereocenters. The summed E-state index contributed by atoms with van der Waals surface area (Å²) < 4.78 is 37.4. The van der Waals surface area contributed by atoms with Gasteiger partial charge in [0.2, 0.25) is 0 Å². The van der Waals surface area contributed by atoms with Crippen LogP contribution in [0, 0.1) is 0 Å². The van der Waals surface area contributed by atoms with E-state index in [-0.39, 0.29) is 12.4 Å². The maximum absolute atomic E-state index is 12.5. The summed E-state index contributed by atoms with van der Waals surface area (Å²) in [6.07, 6.45) is -2.35. The minimum atomic E-state index is -4.38. The van der Waals surface area contributed by atoms with Gasteiger partial charge in [-0.3, -0.25) is 10.00 Å². The number of alkyl halides is 3. The van der Waals surface area contributed by atoms with E-state index in [4.69, 9.17) is 0 Å². The molecule has 0 aromatic carbocycles. The van der Waals surface area contributed by atoms with Gasteiger partial charge in [0.25, 0.3) is 0 Å². The summed E-state index contributed by atoms with van der Waals surface area (Å²) in [7, 11) is 0. The van der Waals surface area contributed by atoms with Crippen molar-refractivity contribution in [3.63, 3.8) is 0 Å². The number of nitrogens with zero attached hydrogens (tertiary/aromatic N) is 2. The Balaban J connectivity index is 0.00000200. The number of nitrogens with one attached hydrogen (secondary N) is 2. The van der Waals surface area contributed by atoms with E-state index in [1.165, 1.54) is 0 Å². The zero-order chi connectivity index (χ0) is 13.9. The second-order valence-corrected chi connectivity index (χ2v) is 4.89. The molecule has 0 amide bonds. The second-order valence-electron chi connectivity index (χ2n) is 4.89. The Kier molecular flexibility index (Phi) is 6.29. The second kappa shape index (κ2) is 7.28. The summed E-state index contributed by atoms with van der Waals surface area (Å²) in [4.78, 5) is 2.22. The first-order chi connectivity index (χ1) is 9.00. The molecule has 2 rings (SSSR count). The lowest BCUT2D eigenvalue weighted by atomic mass is 10.2. The van der Waals surface area contributed by atoms with Crippen LogP contribution in [0.5, 0.6) is 0 Å². The smallest absolute Gasteiger partial charge is 0.315 e. The molecule has 0 spiro atoms. The summed E-state index contributed by atoms with van der Waals surface area (Å²) >= 11 is 0. The van der Waals surface area contributed by atoms with Crippen LogP contribution in [0.2, 0.25) is 0 Å². The molecule has 0 bridgehead atoms. The molecular formula is C12H20ClF3N4. The predicted molar refractivity (Wildman–Crippen MR) is 72.8 cm³/mol. The van der Waals surface area contributed by atoms with Crippen molar-refractivity contribution in [1.29, 1.82) is 0 Å². The molecule has 1 aromatic heterocycles. The molecule has 1 aliphatic rings. The number of H-pyrrole nitrogens is 1. The van der Waals surface area contributed by atoms with Gasteiger partial charge >= 0.3 is 6.18 Å². The molecule has 1 saturated heterocycles. The summed E-state index contributed by atoms with van der Waals surface area (Å²) in [5.74, 6) is 0. The van der Waals surface area contributed by atoms with Crippen molar-refractivity contribution in [3.8, 4) is 0 Å². The van der Waals surface area contributed by atoms with Crippen molar-refractivity contribution < 1.29 is 13.2 Å². The lowest BCUT2D eigenvalue weighted by Crippen LogP contribution is -2.37. The molecule has 2 heterocycles. The maximum atomic E-state index is 12.5. The Morgan fingerprint density at radius 2 is 2.20 bits per heavy atom. The van der Waals surface area contributed by atoms with E-state index in [0.717, 1.165) is 38.5 Å². The lowest BCUT2D eigenvalue weighted by molar-refractivity contribution is -0.141. The predicted octanol–water partition coefficient (Wildman–Crippen LogP) is 2.42. The van der Waals surface area contributed by atoms with Gasteiger partial charge in [0.05, 0.1) is 0 Å². The zero-order valence-corrected chi connectivity index (χ0v) is 12.2. The highest BCUT2D eigenvalue weighted by Gasteiger charge is 2.34.